The molecule has 9 nitrogen and oxygen atoms in total. The fourth-order valence-electron chi connectivity index (χ4n) is 4.74. The van der Waals surface area contributed by atoms with Crippen LogP contribution in [0.2, 0.25) is 0 Å². The first kappa shape index (κ1) is 24.5. The second-order valence-electron chi connectivity index (χ2n) is 9.59. The van der Waals surface area contributed by atoms with E-state index in [1.54, 1.807) is 35.6 Å². The van der Waals surface area contributed by atoms with Gasteiger partial charge >= 0.3 is 0 Å². The monoisotopic (exact) mass is 505 g/mol. The maximum Gasteiger partial charge on any atom is 0.274 e. The van der Waals surface area contributed by atoms with Crippen molar-refractivity contribution in [2.24, 2.45) is 0 Å². The van der Waals surface area contributed by atoms with Crippen molar-refractivity contribution in [2.45, 2.75) is 51.0 Å². The number of aromatic nitrogens is 2. The molecule has 1 fully saturated rings. The van der Waals surface area contributed by atoms with Gasteiger partial charge in [-0.3, -0.25) is 14.4 Å². The van der Waals surface area contributed by atoms with Crippen molar-refractivity contribution in [1.29, 1.82) is 0 Å². The van der Waals surface area contributed by atoms with E-state index in [4.69, 9.17) is 4.74 Å². The topological polar surface area (TPSA) is 106 Å². The van der Waals surface area contributed by atoms with E-state index >= 15 is 0 Å². The highest BCUT2D eigenvalue weighted by Gasteiger charge is 2.53. The molecule has 2 aromatic carbocycles. The number of hydrogen-bond donors (Lipinski definition) is 2. The predicted octanol–water partition coefficient (Wildman–Crippen LogP) is 2.65. The third kappa shape index (κ3) is 4.78. The van der Waals surface area contributed by atoms with Gasteiger partial charge in [0.15, 0.2) is 5.69 Å². The van der Waals surface area contributed by atoms with Gasteiger partial charge < -0.3 is 24.8 Å². The lowest BCUT2D eigenvalue weighted by Crippen LogP contribution is -2.64. The minimum atomic E-state index is -1.17. The summed E-state index contributed by atoms with van der Waals surface area (Å²) in [6.07, 6.45) is 3.01. The molecule has 0 bridgehead atoms. The number of nitrogens with one attached hydrogen (secondary N) is 2. The molecular formula is C27H28FN5O4. The highest BCUT2D eigenvalue weighted by molar-refractivity contribution is 6.07. The fraction of sp³-hybridized carbons (Fsp3) is 0.333. The number of carbonyl (C=O) groups is 3. The molecule has 2 heterocycles. The zero-order valence-corrected chi connectivity index (χ0v) is 20.7. The van der Waals surface area contributed by atoms with Crippen LogP contribution in [0.5, 0.6) is 5.75 Å². The Kier molecular flexibility index (Phi) is 6.41. The molecule has 1 aliphatic heterocycles. The molecule has 3 amide bonds. The van der Waals surface area contributed by atoms with Crippen LogP contribution in [-0.4, -0.2) is 50.9 Å². The van der Waals surface area contributed by atoms with E-state index in [9.17, 15) is 18.8 Å². The molecule has 1 aromatic heterocycles. The summed E-state index contributed by atoms with van der Waals surface area (Å²) in [6, 6.07) is 13.1. The predicted molar refractivity (Wildman–Crippen MR) is 132 cm³/mol. The number of benzene rings is 2. The Hall–Kier alpha value is -4.21. The van der Waals surface area contributed by atoms with E-state index in [2.05, 4.69) is 15.6 Å². The van der Waals surface area contributed by atoms with Gasteiger partial charge in [-0.2, -0.15) is 0 Å². The first-order valence-electron chi connectivity index (χ1n) is 12.1. The van der Waals surface area contributed by atoms with Gasteiger partial charge in [0.25, 0.3) is 11.8 Å². The molecule has 1 atom stereocenters. The summed E-state index contributed by atoms with van der Waals surface area (Å²) in [7, 11) is 1.57. The smallest absolute Gasteiger partial charge is 0.274 e. The van der Waals surface area contributed by atoms with Gasteiger partial charge in [-0.15, -0.1) is 0 Å². The summed E-state index contributed by atoms with van der Waals surface area (Å²) < 4.78 is 20.0. The second kappa shape index (κ2) is 9.68. The lowest BCUT2D eigenvalue weighted by molar-refractivity contribution is -0.133. The number of fused-ring (bicyclic) bond motifs is 1. The largest absolute Gasteiger partial charge is 0.497 e. The number of methoxy groups -OCH3 is 1. The molecular weight excluding hydrogens is 477 g/mol. The van der Waals surface area contributed by atoms with Crippen molar-refractivity contribution in [3.63, 3.8) is 0 Å². The zero-order valence-electron chi connectivity index (χ0n) is 20.7. The van der Waals surface area contributed by atoms with Crippen molar-refractivity contribution < 1.29 is 23.5 Å². The van der Waals surface area contributed by atoms with Gasteiger partial charge in [-0.05, 0) is 55.2 Å². The maximum absolute atomic E-state index is 13.7. The van der Waals surface area contributed by atoms with E-state index in [1.165, 1.54) is 18.5 Å². The van der Waals surface area contributed by atoms with E-state index in [0.29, 0.717) is 5.75 Å². The molecule has 3 aromatic rings. The Morgan fingerprint density at radius 1 is 1.11 bits per heavy atom. The molecule has 2 N–H and O–H groups in total. The van der Waals surface area contributed by atoms with Crippen molar-refractivity contribution in [1.82, 2.24) is 25.1 Å². The number of rotatable bonds is 8. The van der Waals surface area contributed by atoms with Crippen molar-refractivity contribution in [3.8, 4) is 5.75 Å². The molecule has 1 unspecified atom stereocenters. The molecule has 0 spiro atoms. The molecule has 1 aliphatic carbocycles. The Morgan fingerprint density at radius 3 is 2.54 bits per heavy atom. The fourth-order valence-corrected chi connectivity index (χ4v) is 4.74. The quantitative estimate of drug-likeness (QED) is 0.490. The first-order chi connectivity index (χ1) is 17.8. The summed E-state index contributed by atoms with van der Waals surface area (Å²) in [6.45, 7) is 2.34. The van der Waals surface area contributed by atoms with Gasteiger partial charge in [0.2, 0.25) is 5.91 Å². The molecule has 0 radical (unpaired) electrons. The third-order valence-electron chi connectivity index (χ3n) is 6.84. The minimum absolute atomic E-state index is 0.0346. The number of halogens is 1. The van der Waals surface area contributed by atoms with Gasteiger partial charge in [0.05, 0.1) is 20.0 Å². The van der Waals surface area contributed by atoms with Crippen LogP contribution in [-0.2, 0) is 24.4 Å². The van der Waals surface area contributed by atoms with Gasteiger partial charge in [0.1, 0.15) is 22.8 Å². The number of imidazole rings is 1. The summed E-state index contributed by atoms with van der Waals surface area (Å²) in [4.78, 5) is 46.0. The van der Waals surface area contributed by atoms with Crippen LogP contribution in [0.15, 0.2) is 54.9 Å². The van der Waals surface area contributed by atoms with Crippen LogP contribution in [0.1, 0.15) is 51.9 Å². The molecule has 37 heavy (non-hydrogen) atoms. The molecule has 0 saturated heterocycles. The highest BCUT2D eigenvalue weighted by Crippen LogP contribution is 2.38. The van der Waals surface area contributed by atoms with E-state index in [-0.39, 0.29) is 48.8 Å². The molecule has 2 aliphatic rings. The van der Waals surface area contributed by atoms with Crippen LogP contribution >= 0.6 is 0 Å². The van der Waals surface area contributed by atoms with Gasteiger partial charge in [-0.25, -0.2) is 9.37 Å². The molecule has 5 rings (SSSR count). The van der Waals surface area contributed by atoms with Gasteiger partial charge in [-0.1, -0.05) is 24.3 Å². The molecule has 10 heteroatoms. The average molecular weight is 506 g/mol. The Labute approximate surface area is 213 Å². The lowest BCUT2D eigenvalue weighted by Gasteiger charge is -2.44. The molecule has 192 valence electrons. The van der Waals surface area contributed by atoms with Gasteiger partial charge in [0, 0.05) is 19.1 Å². The molecule has 1 saturated carbocycles. The average Bonchev–Trinajstić information content (AvgIpc) is 3.64. The number of hydrogen-bond acceptors (Lipinski definition) is 5. The van der Waals surface area contributed by atoms with E-state index < -0.39 is 17.4 Å². The van der Waals surface area contributed by atoms with E-state index in [0.717, 1.165) is 24.0 Å². The van der Waals surface area contributed by atoms with Crippen LogP contribution < -0.4 is 15.4 Å². The Balaban J connectivity index is 1.34. The number of amides is 3. The number of ether oxygens (including phenoxy) is 1. The summed E-state index contributed by atoms with van der Waals surface area (Å²) in [5.74, 6) is -0.850. The third-order valence-corrected chi connectivity index (χ3v) is 6.84. The normalized spacial score (nSPS) is 18.8. The van der Waals surface area contributed by atoms with Crippen LogP contribution in [0.3, 0.4) is 0 Å². The first-order valence-corrected chi connectivity index (χ1v) is 12.1. The van der Waals surface area contributed by atoms with E-state index in [1.807, 2.05) is 24.3 Å². The highest BCUT2D eigenvalue weighted by atomic mass is 19.1. The number of carbonyl (C=O) groups excluding carboxylic acids is 3. The SMILES string of the molecule is COc1cccc(CNC(=O)c2ncn3c2C(=O)N(C2CC2)C(C)(C(=O)NCc2ccc(F)cc2)C3)c1. The van der Waals surface area contributed by atoms with Crippen LogP contribution in [0.4, 0.5) is 4.39 Å². The summed E-state index contributed by atoms with van der Waals surface area (Å²) in [5, 5.41) is 5.71. The van der Waals surface area contributed by atoms with Crippen LogP contribution in [0, 0.1) is 5.82 Å². The lowest BCUT2D eigenvalue weighted by atomic mass is 9.93. The standard InChI is InChI=1S/C27H28FN5O4/c1-27(26(36)30-13-17-6-8-19(28)9-7-17)15-32-16-31-22(23(32)25(35)33(27)20-10-11-20)24(34)29-14-18-4-3-5-21(12-18)37-2/h3-9,12,16,20H,10-11,13-15H2,1-2H3,(H,29,34)(H,30,36). The summed E-state index contributed by atoms with van der Waals surface area (Å²) in [5.41, 5.74) is 0.639. The Morgan fingerprint density at radius 2 is 1.84 bits per heavy atom. The van der Waals surface area contributed by atoms with Crippen molar-refractivity contribution in [2.75, 3.05) is 7.11 Å². The number of nitrogens with zero attached hydrogens (tertiary/aromatic N) is 3. The van der Waals surface area contributed by atoms with Crippen molar-refractivity contribution >= 4 is 17.7 Å². The van der Waals surface area contributed by atoms with Crippen LogP contribution in [0.25, 0.3) is 0 Å². The maximum atomic E-state index is 13.7. The Bertz CT molecular complexity index is 1350. The second-order valence-corrected chi connectivity index (χ2v) is 9.59. The zero-order chi connectivity index (χ0) is 26.2. The minimum Gasteiger partial charge on any atom is -0.497 e. The summed E-state index contributed by atoms with van der Waals surface area (Å²) >= 11 is 0. The van der Waals surface area contributed by atoms with Crippen molar-refractivity contribution in [3.05, 3.63) is 83.2 Å².